The summed E-state index contributed by atoms with van der Waals surface area (Å²) in [7, 11) is 0. The van der Waals surface area contributed by atoms with Gasteiger partial charge in [-0.3, -0.25) is 0 Å². The Balaban J connectivity index is 2.31. The van der Waals surface area contributed by atoms with E-state index >= 15 is 0 Å². The predicted molar refractivity (Wildman–Crippen MR) is 69.9 cm³/mol. The number of rotatable bonds is 3. The fourth-order valence-electron chi connectivity index (χ4n) is 1.64. The Morgan fingerprint density at radius 1 is 0.875 bits per heavy atom. The van der Waals surface area contributed by atoms with Crippen LogP contribution in [-0.4, -0.2) is 0 Å². The van der Waals surface area contributed by atoms with Crippen LogP contribution in [-0.2, 0) is 6.54 Å². The SMILES string of the molecule is C=Cc1ccc(-c2ccc(CN)cc2)cc1. The van der Waals surface area contributed by atoms with Gasteiger partial charge in [-0.25, -0.2) is 0 Å². The van der Waals surface area contributed by atoms with E-state index in [1.807, 2.05) is 6.08 Å². The number of hydrogen-bond donors (Lipinski definition) is 1. The van der Waals surface area contributed by atoms with Gasteiger partial charge in [0.05, 0.1) is 0 Å². The van der Waals surface area contributed by atoms with Crippen molar-refractivity contribution >= 4 is 6.08 Å². The molecule has 0 aliphatic heterocycles. The van der Waals surface area contributed by atoms with Crippen LogP contribution in [0.25, 0.3) is 17.2 Å². The lowest BCUT2D eigenvalue weighted by molar-refractivity contribution is 1.07. The summed E-state index contributed by atoms with van der Waals surface area (Å²) in [5.74, 6) is 0. The topological polar surface area (TPSA) is 26.0 Å². The highest BCUT2D eigenvalue weighted by molar-refractivity contribution is 5.65. The van der Waals surface area contributed by atoms with Crippen LogP contribution in [0, 0.1) is 0 Å². The van der Waals surface area contributed by atoms with E-state index in [2.05, 4.69) is 55.1 Å². The molecule has 2 rings (SSSR count). The highest BCUT2D eigenvalue weighted by Crippen LogP contribution is 2.20. The quantitative estimate of drug-likeness (QED) is 0.823. The molecule has 0 fully saturated rings. The summed E-state index contributed by atoms with van der Waals surface area (Å²) in [5, 5.41) is 0. The zero-order valence-corrected chi connectivity index (χ0v) is 9.19. The summed E-state index contributed by atoms with van der Waals surface area (Å²) in [4.78, 5) is 0. The molecule has 0 aliphatic rings. The van der Waals surface area contributed by atoms with Gasteiger partial charge in [0, 0.05) is 6.54 Å². The van der Waals surface area contributed by atoms with E-state index in [0.29, 0.717) is 6.54 Å². The molecule has 0 radical (unpaired) electrons. The smallest absolute Gasteiger partial charge is 0.0178 e. The summed E-state index contributed by atoms with van der Waals surface area (Å²) in [6, 6.07) is 16.7. The largest absolute Gasteiger partial charge is 0.326 e. The first kappa shape index (κ1) is 10.7. The summed E-state index contributed by atoms with van der Waals surface area (Å²) in [5.41, 5.74) is 10.3. The summed E-state index contributed by atoms with van der Waals surface area (Å²) >= 11 is 0. The maximum Gasteiger partial charge on any atom is 0.0178 e. The lowest BCUT2D eigenvalue weighted by atomic mass is 10.0. The van der Waals surface area contributed by atoms with Crippen molar-refractivity contribution in [2.75, 3.05) is 0 Å². The zero-order chi connectivity index (χ0) is 11.4. The highest BCUT2D eigenvalue weighted by Gasteiger charge is 1.97. The van der Waals surface area contributed by atoms with Gasteiger partial charge in [0.15, 0.2) is 0 Å². The molecule has 80 valence electrons. The summed E-state index contributed by atoms with van der Waals surface area (Å²) < 4.78 is 0. The molecule has 0 amide bonds. The van der Waals surface area contributed by atoms with Crippen LogP contribution >= 0.6 is 0 Å². The van der Waals surface area contributed by atoms with E-state index in [4.69, 9.17) is 5.73 Å². The van der Waals surface area contributed by atoms with Gasteiger partial charge in [0.1, 0.15) is 0 Å². The molecule has 0 aliphatic carbocycles. The minimum atomic E-state index is 0.593. The maximum atomic E-state index is 5.57. The molecule has 2 N–H and O–H groups in total. The Morgan fingerprint density at radius 2 is 1.38 bits per heavy atom. The second-order valence-electron chi connectivity index (χ2n) is 3.73. The van der Waals surface area contributed by atoms with Gasteiger partial charge in [0.25, 0.3) is 0 Å². The van der Waals surface area contributed by atoms with Gasteiger partial charge in [-0.2, -0.15) is 0 Å². The van der Waals surface area contributed by atoms with Crippen LogP contribution in [0.4, 0.5) is 0 Å². The Hall–Kier alpha value is -1.86. The number of benzene rings is 2. The van der Waals surface area contributed by atoms with Crippen molar-refractivity contribution in [2.45, 2.75) is 6.54 Å². The van der Waals surface area contributed by atoms with Crippen LogP contribution in [0.5, 0.6) is 0 Å². The first-order chi connectivity index (χ1) is 7.83. The minimum absolute atomic E-state index is 0.593. The van der Waals surface area contributed by atoms with Crippen molar-refractivity contribution in [3.63, 3.8) is 0 Å². The Kier molecular flexibility index (Phi) is 3.18. The number of hydrogen-bond acceptors (Lipinski definition) is 1. The van der Waals surface area contributed by atoms with E-state index in [-0.39, 0.29) is 0 Å². The zero-order valence-electron chi connectivity index (χ0n) is 9.19. The second kappa shape index (κ2) is 4.77. The number of nitrogens with two attached hydrogens (primary N) is 1. The lowest BCUT2D eigenvalue weighted by Crippen LogP contribution is -1.95. The molecule has 0 atom stereocenters. The predicted octanol–water partition coefficient (Wildman–Crippen LogP) is 3.46. The lowest BCUT2D eigenvalue weighted by Gasteiger charge is -2.03. The van der Waals surface area contributed by atoms with E-state index in [1.54, 1.807) is 0 Å². The van der Waals surface area contributed by atoms with Crippen molar-refractivity contribution in [2.24, 2.45) is 5.73 Å². The van der Waals surface area contributed by atoms with Crippen molar-refractivity contribution < 1.29 is 0 Å². The molecule has 1 heteroatoms. The molecule has 0 aromatic heterocycles. The molecular weight excluding hydrogens is 194 g/mol. The first-order valence-electron chi connectivity index (χ1n) is 5.35. The molecule has 0 heterocycles. The van der Waals surface area contributed by atoms with Gasteiger partial charge in [-0.1, -0.05) is 61.2 Å². The normalized spacial score (nSPS) is 10.1. The molecule has 0 spiro atoms. The van der Waals surface area contributed by atoms with Crippen molar-refractivity contribution in [1.82, 2.24) is 0 Å². The minimum Gasteiger partial charge on any atom is -0.326 e. The average molecular weight is 209 g/mol. The fourth-order valence-corrected chi connectivity index (χ4v) is 1.64. The Morgan fingerprint density at radius 3 is 1.81 bits per heavy atom. The van der Waals surface area contributed by atoms with Crippen molar-refractivity contribution in [3.05, 3.63) is 66.2 Å². The van der Waals surface area contributed by atoms with E-state index in [0.717, 1.165) is 11.1 Å². The van der Waals surface area contributed by atoms with Crippen LogP contribution < -0.4 is 5.73 Å². The van der Waals surface area contributed by atoms with Crippen molar-refractivity contribution in [3.8, 4) is 11.1 Å². The fraction of sp³-hybridized carbons (Fsp3) is 0.0667. The molecule has 1 nitrogen and oxygen atoms in total. The molecule has 0 bridgehead atoms. The van der Waals surface area contributed by atoms with E-state index in [1.165, 1.54) is 11.1 Å². The van der Waals surface area contributed by atoms with Crippen LogP contribution in [0.3, 0.4) is 0 Å². The van der Waals surface area contributed by atoms with E-state index in [9.17, 15) is 0 Å². The first-order valence-corrected chi connectivity index (χ1v) is 5.35. The second-order valence-corrected chi connectivity index (χ2v) is 3.73. The maximum absolute atomic E-state index is 5.57. The monoisotopic (exact) mass is 209 g/mol. The molecule has 2 aromatic rings. The molecular formula is C15H15N. The molecule has 0 unspecified atom stereocenters. The Labute approximate surface area is 96.2 Å². The molecule has 2 aromatic carbocycles. The Bertz CT molecular complexity index is 466. The van der Waals surface area contributed by atoms with Crippen LogP contribution in [0.2, 0.25) is 0 Å². The van der Waals surface area contributed by atoms with Gasteiger partial charge in [-0.05, 0) is 22.3 Å². The molecule has 0 saturated carbocycles. The third-order valence-electron chi connectivity index (χ3n) is 2.67. The third kappa shape index (κ3) is 2.20. The summed E-state index contributed by atoms with van der Waals surface area (Å²) in [6.07, 6.45) is 1.85. The molecule has 0 saturated heterocycles. The standard InChI is InChI=1S/C15H15N/c1-2-12-3-7-14(8-4-12)15-9-5-13(11-16)6-10-15/h2-10H,1,11,16H2. The highest BCUT2D eigenvalue weighted by atomic mass is 14.5. The molecule has 16 heavy (non-hydrogen) atoms. The third-order valence-corrected chi connectivity index (χ3v) is 2.67. The van der Waals surface area contributed by atoms with Crippen LogP contribution in [0.1, 0.15) is 11.1 Å². The van der Waals surface area contributed by atoms with Gasteiger partial charge in [-0.15, -0.1) is 0 Å². The summed E-state index contributed by atoms with van der Waals surface area (Å²) in [6.45, 7) is 4.34. The van der Waals surface area contributed by atoms with E-state index < -0.39 is 0 Å². The van der Waals surface area contributed by atoms with Gasteiger partial charge in [0.2, 0.25) is 0 Å². The van der Waals surface area contributed by atoms with Gasteiger partial charge >= 0.3 is 0 Å². The average Bonchev–Trinajstić information content (AvgIpc) is 2.39. The van der Waals surface area contributed by atoms with Crippen molar-refractivity contribution in [1.29, 1.82) is 0 Å². The van der Waals surface area contributed by atoms with Gasteiger partial charge < -0.3 is 5.73 Å². The van der Waals surface area contributed by atoms with Crippen LogP contribution in [0.15, 0.2) is 55.1 Å².